The van der Waals surface area contributed by atoms with Crippen molar-refractivity contribution in [3.8, 4) is 17.2 Å². The molecule has 1 aliphatic rings. The molecule has 4 rings (SSSR count). The van der Waals surface area contributed by atoms with Crippen LogP contribution in [0.1, 0.15) is 21.5 Å². The molecule has 0 unspecified atom stereocenters. The summed E-state index contributed by atoms with van der Waals surface area (Å²) in [7, 11) is 0. The van der Waals surface area contributed by atoms with Crippen molar-refractivity contribution < 1.29 is 19.0 Å². The van der Waals surface area contributed by atoms with Gasteiger partial charge in [-0.3, -0.25) is 4.79 Å². The van der Waals surface area contributed by atoms with Gasteiger partial charge in [0, 0.05) is 12.1 Å². The summed E-state index contributed by atoms with van der Waals surface area (Å²) >= 11 is 0. The van der Waals surface area contributed by atoms with Gasteiger partial charge in [-0.15, -0.1) is 0 Å². The Morgan fingerprint density at radius 2 is 1.64 bits per heavy atom. The maximum Gasteiger partial charge on any atom is 0.251 e. The van der Waals surface area contributed by atoms with Crippen molar-refractivity contribution in [1.29, 1.82) is 0 Å². The van der Waals surface area contributed by atoms with Gasteiger partial charge >= 0.3 is 0 Å². The summed E-state index contributed by atoms with van der Waals surface area (Å²) in [4.78, 5) is 12.5. The lowest BCUT2D eigenvalue weighted by atomic mass is 10.1. The highest BCUT2D eigenvalue weighted by Gasteiger charge is 2.14. The molecule has 1 N–H and O–H groups in total. The third kappa shape index (κ3) is 4.43. The van der Waals surface area contributed by atoms with Gasteiger partial charge in [0.2, 0.25) is 0 Å². The van der Waals surface area contributed by atoms with Gasteiger partial charge in [-0.05, 0) is 41.5 Å². The van der Waals surface area contributed by atoms with E-state index in [4.69, 9.17) is 14.2 Å². The van der Waals surface area contributed by atoms with Crippen LogP contribution in [0.25, 0.3) is 0 Å². The molecule has 0 fully saturated rings. The van der Waals surface area contributed by atoms with E-state index in [9.17, 15) is 4.79 Å². The average Bonchev–Trinajstić information content (AvgIpc) is 2.77. The first-order valence-corrected chi connectivity index (χ1v) is 9.21. The first kappa shape index (κ1) is 17.9. The Bertz CT molecular complexity index is 956. The molecule has 142 valence electrons. The minimum absolute atomic E-state index is 0.160. The first-order chi connectivity index (χ1) is 13.8. The lowest BCUT2D eigenvalue weighted by molar-refractivity contribution is 0.0949. The van der Waals surface area contributed by atoms with Crippen molar-refractivity contribution in [2.75, 3.05) is 13.2 Å². The molecular formula is C23H21NO4. The Labute approximate surface area is 163 Å². The molecule has 0 radical (unpaired) electrons. The van der Waals surface area contributed by atoms with Crippen LogP contribution in [0.4, 0.5) is 0 Å². The van der Waals surface area contributed by atoms with Crippen LogP contribution in [-0.2, 0) is 13.2 Å². The van der Waals surface area contributed by atoms with Crippen molar-refractivity contribution in [2.24, 2.45) is 0 Å². The smallest absolute Gasteiger partial charge is 0.251 e. The molecule has 1 heterocycles. The zero-order valence-electron chi connectivity index (χ0n) is 15.4. The van der Waals surface area contributed by atoms with E-state index < -0.39 is 0 Å². The number of fused-ring (bicyclic) bond motifs is 1. The molecule has 5 nitrogen and oxygen atoms in total. The average molecular weight is 375 g/mol. The highest BCUT2D eigenvalue weighted by Crippen LogP contribution is 2.30. The van der Waals surface area contributed by atoms with Gasteiger partial charge in [0.05, 0.1) is 0 Å². The predicted molar refractivity (Wildman–Crippen MR) is 106 cm³/mol. The highest BCUT2D eigenvalue weighted by atomic mass is 16.6. The third-order valence-electron chi connectivity index (χ3n) is 4.40. The van der Waals surface area contributed by atoms with Crippen LogP contribution in [0, 0.1) is 0 Å². The second-order valence-electron chi connectivity index (χ2n) is 6.46. The van der Waals surface area contributed by atoms with Crippen LogP contribution in [-0.4, -0.2) is 19.1 Å². The molecule has 0 aromatic heterocycles. The normalized spacial score (nSPS) is 12.3. The van der Waals surface area contributed by atoms with E-state index in [1.807, 2.05) is 54.6 Å². The molecule has 3 aromatic carbocycles. The van der Waals surface area contributed by atoms with Gasteiger partial charge in [0.25, 0.3) is 5.91 Å². The van der Waals surface area contributed by atoms with E-state index in [-0.39, 0.29) is 5.91 Å². The van der Waals surface area contributed by atoms with Crippen LogP contribution in [0.15, 0.2) is 72.8 Å². The lowest BCUT2D eigenvalue weighted by Gasteiger charge is -2.18. The standard InChI is InChI=1S/C23H21NO4/c25-23(19-9-10-21-22(14-19)27-12-11-26-21)24-15-18-7-4-8-20(13-18)28-16-17-5-2-1-3-6-17/h1-10,13-14H,11-12,15-16H2,(H,24,25). The molecule has 28 heavy (non-hydrogen) atoms. The van der Waals surface area contributed by atoms with Crippen LogP contribution in [0.2, 0.25) is 0 Å². The summed E-state index contributed by atoms with van der Waals surface area (Å²) in [6.45, 7) is 1.94. The van der Waals surface area contributed by atoms with E-state index in [1.54, 1.807) is 18.2 Å². The summed E-state index contributed by atoms with van der Waals surface area (Å²) in [5.41, 5.74) is 2.62. The summed E-state index contributed by atoms with van der Waals surface area (Å²) in [6.07, 6.45) is 0. The number of hydrogen-bond donors (Lipinski definition) is 1. The Balaban J connectivity index is 1.35. The van der Waals surface area contributed by atoms with Crippen LogP contribution in [0.3, 0.4) is 0 Å². The Hall–Kier alpha value is -3.47. The van der Waals surface area contributed by atoms with Crippen molar-refractivity contribution in [2.45, 2.75) is 13.2 Å². The van der Waals surface area contributed by atoms with Gasteiger partial charge < -0.3 is 19.5 Å². The second-order valence-corrected chi connectivity index (χ2v) is 6.46. The van der Waals surface area contributed by atoms with E-state index in [0.717, 1.165) is 16.9 Å². The summed E-state index contributed by atoms with van der Waals surface area (Å²) < 4.78 is 16.9. The maximum absolute atomic E-state index is 12.5. The number of carbonyl (C=O) groups excluding carboxylic acids is 1. The van der Waals surface area contributed by atoms with Gasteiger partial charge in [-0.2, -0.15) is 0 Å². The Kier molecular flexibility index (Phi) is 5.43. The molecule has 0 spiro atoms. The molecule has 1 aliphatic heterocycles. The zero-order valence-corrected chi connectivity index (χ0v) is 15.4. The zero-order chi connectivity index (χ0) is 19.2. The van der Waals surface area contributed by atoms with Crippen LogP contribution in [0.5, 0.6) is 17.2 Å². The molecule has 0 atom stereocenters. The fourth-order valence-electron chi connectivity index (χ4n) is 2.96. The van der Waals surface area contributed by atoms with Crippen molar-refractivity contribution in [3.63, 3.8) is 0 Å². The topological polar surface area (TPSA) is 56.8 Å². The second kappa shape index (κ2) is 8.48. The molecule has 0 saturated carbocycles. The molecule has 0 aliphatic carbocycles. The largest absolute Gasteiger partial charge is 0.489 e. The molecule has 0 bridgehead atoms. The van der Waals surface area contributed by atoms with E-state index in [0.29, 0.717) is 43.4 Å². The maximum atomic E-state index is 12.5. The molecule has 3 aromatic rings. The van der Waals surface area contributed by atoms with Gasteiger partial charge in [-0.1, -0.05) is 42.5 Å². The number of hydrogen-bond acceptors (Lipinski definition) is 4. The number of ether oxygens (including phenoxy) is 3. The number of amides is 1. The molecular weight excluding hydrogens is 354 g/mol. The minimum atomic E-state index is -0.160. The number of rotatable bonds is 6. The van der Waals surface area contributed by atoms with E-state index >= 15 is 0 Å². The SMILES string of the molecule is O=C(NCc1cccc(OCc2ccccc2)c1)c1ccc2c(c1)OCCO2. The van der Waals surface area contributed by atoms with Gasteiger partial charge in [0.15, 0.2) is 11.5 Å². The predicted octanol–water partition coefficient (Wildman–Crippen LogP) is 3.97. The van der Waals surface area contributed by atoms with E-state index in [1.165, 1.54) is 0 Å². The van der Waals surface area contributed by atoms with Crippen LogP contribution < -0.4 is 19.5 Å². The monoisotopic (exact) mass is 375 g/mol. The van der Waals surface area contributed by atoms with E-state index in [2.05, 4.69) is 5.32 Å². The molecule has 5 heteroatoms. The number of benzene rings is 3. The van der Waals surface area contributed by atoms with Gasteiger partial charge in [-0.25, -0.2) is 0 Å². The summed E-state index contributed by atoms with van der Waals surface area (Å²) in [5, 5.41) is 2.93. The third-order valence-corrected chi connectivity index (χ3v) is 4.40. The lowest BCUT2D eigenvalue weighted by Crippen LogP contribution is -2.23. The molecule has 0 saturated heterocycles. The van der Waals surface area contributed by atoms with Crippen molar-refractivity contribution >= 4 is 5.91 Å². The summed E-state index contributed by atoms with van der Waals surface area (Å²) in [5.74, 6) is 1.89. The Morgan fingerprint density at radius 1 is 0.857 bits per heavy atom. The fourth-order valence-corrected chi connectivity index (χ4v) is 2.96. The quantitative estimate of drug-likeness (QED) is 0.708. The van der Waals surface area contributed by atoms with Gasteiger partial charge in [0.1, 0.15) is 25.6 Å². The Morgan fingerprint density at radius 3 is 2.50 bits per heavy atom. The first-order valence-electron chi connectivity index (χ1n) is 9.21. The highest BCUT2D eigenvalue weighted by molar-refractivity contribution is 5.94. The minimum Gasteiger partial charge on any atom is -0.489 e. The fraction of sp³-hybridized carbons (Fsp3) is 0.174. The molecule has 1 amide bonds. The number of carbonyl (C=O) groups is 1. The van der Waals surface area contributed by atoms with Crippen LogP contribution >= 0.6 is 0 Å². The van der Waals surface area contributed by atoms with Crippen molar-refractivity contribution in [3.05, 3.63) is 89.5 Å². The number of nitrogens with one attached hydrogen (secondary N) is 1. The van der Waals surface area contributed by atoms with Crippen molar-refractivity contribution in [1.82, 2.24) is 5.32 Å². The summed E-state index contributed by atoms with van der Waals surface area (Å²) in [6, 6.07) is 23.0.